The molecule has 0 bridgehead atoms. The number of piperazine rings is 1. The molecule has 4 rings (SSSR count). The molecular formula is C21H25N7. The van der Waals surface area contributed by atoms with E-state index in [1.807, 2.05) is 18.2 Å². The van der Waals surface area contributed by atoms with E-state index in [0.717, 1.165) is 32.0 Å². The van der Waals surface area contributed by atoms with Crippen LogP contribution in [0.1, 0.15) is 11.1 Å². The van der Waals surface area contributed by atoms with Gasteiger partial charge in [0.25, 0.3) is 0 Å². The second-order valence-corrected chi connectivity index (χ2v) is 6.99. The van der Waals surface area contributed by atoms with E-state index >= 15 is 0 Å². The van der Waals surface area contributed by atoms with E-state index in [9.17, 15) is 0 Å². The number of nitrogens with zero attached hydrogens (tertiary/aromatic N) is 5. The van der Waals surface area contributed by atoms with Crippen molar-refractivity contribution in [3.05, 3.63) is 60.0 Å². The second kappa shape index (κ2) is 7.72. The SMILES string of the molecule is Cc1cccc(N2CCN(c3ncnc(Nc4ccccn4)c3N)CC2)c1C. The summed E-state index contributed by atoms with van der Waals surface area (Å²) < 4.78 is 0. The van der Waals surface area contributed by atoms with Gasteiger partial charge in [0.05, 0.1) is 0 Å². The van der Waals surface area contributed by atoms with Crippen LogP contribution in [0.3, 0.4) is 0 Å². The molecule has 0 radical (unpaired) electrons. The molecule has 3 N–H and O–H groups in total. The minimum Gasteiger partial charge on any atom is -0.393 e. The molecular weight excluding hydrogens is 350 g/mol. The molecule has 3 heterocycles. The Morgan fingerprint density at radius 1 is 0.893 bits per heavy atom. The number of nitrogens with two attached hydrogens (primary N) is 1. The number of rotatable bonds is 4. The maximum Gasteiger partial charge on any atom is 0.160 e. The number of anilines is 5. The molecule has 28 heavy (non-hydrogen) atoms. The summed E-state index contributed by atoms with van der Waals surface area (Å²) >= 11 is 0. The van der Waals surface area contributed by atoms with Gasteiger partial charge in [-0.3, -0.25) is 0 Å². The Hall–Kier alpha value is -3.35. The summed E-state index contributed by atoms with van der Waals surface area (Å²) in [6, 6.07) is 12.2. The van der Waals surface area contributed by atoms with Crippen molar-refractivity contribution < 1.29 is 0 Å². The van der Waals surface area contributed by atoms with Crippen LogP contribution in [-0.2, 0) is 0 Å². The van der Waals surface area contributed by atoms with Crippen molar-refractivity contribution in [2.45, 2.75) is 13.8 Å². The molecule has 7 nitrogen and oxygen atoms in total. The van der Waals surface area contributed by atoms with Crippen molar-refractivity contribution in [1.82, 2.24) is 15.0 Å². The molecule has 0 saturated carbocycles. The fourth-order valence-corrected chi connectivity index (χ4v) is 3.53. The highest BCUT2D eigenvalue weighted by molar-refractivity contribution is 5.77. The van der Waals surface area contributed by atoms with Gasteiger partial charge in [-0.15, -0.1) is 0 Å². The number of benzene rings is 1. The molecule has 0 amide bonds. The monoisotopic (exact) mass is 375 g/mol. The van der Waals surface area contributed by atoms with Crippen LogP contribution >= 0.6 is 0 Å². The lowest BCUT2D eigenvalue weighted by molar-refractivity contribution is 0.646. The molecule has 0 aliphatic carbocycles. The molecule has 0 spiro atoms. The summed E-state index contributed by atoms with van der Waals surface area (Å²) in [6.45, 7) is 7.92. The van der Waals surface area contributed by atoms with E-state index in [2.05, 4.69) is 62.1 Å². The fourth-order valence-electron chi connectivity index (χ4n) is 3.53. The average molecular weight is 375 g/mol. The quantitative estimate of drug-likeness (QED) is 0.725. The van der Waals surface area contributed by atoms with Crippen LogP contribution < -0.4 is 20.9 Å². The number of hydrogen-bond donors (Lipinski definition) is 2. The molecule has 0 unspecified atom stereocenters. The van der Waals surface area contributed by atoms with Gasteiger partial charge in [0.15, 0.2) is 11.6 Å². The normalized spacial score (nSPS) is 14.2. The molecule has 1 aliphatic rings. The maximum absolute atomic E-state index is 6.38. The molecule has 7 heteroatoms. The third kappa shape index (κ3) is 3.55. The van der Waals surface area contributed by atoms with Crippen LogP contribution in [0.25, 0.3) is 0 Å². The van der Waals surface area contributed by atoms with Crippen molar-refractivity contribution >= 4 is 28.8 Å². The third-order valence-corrected chi connectivity index (χ3v) is 5.27. The Morgan fingerprint density at radius 2 is 1.68 bits per heavy atom. The first-order valence-corrected chi connectivity index (χ1v) is 9.48. The summed E-state index contributed by atoms with van der Waals surface area (Å²) in [5, 5.41) is 3.18. The first kappa shape index (κ1) is 18.0. The lowest BCUT2D eigenvalue weighted by atomic mass is 10.1. The molecule has 1 aromatic carbocycles. The average Bonchev–Trinajstić information content (AvgIpc) is 2.73. The van der Waals surface area contributed by atoms with Gasteiger partial charge in [0.1, 0.15) is 17.8 Å². The summed E-state index contributed by atoms with van der Waals surface area (Å²) in [4.78, 5) is 17.7. The minimum absolute atomic E-state index is 0.549. The van der Waals surface area contributed by atoms with Crippen molar-refractivity contribution in [2.24, 2.45) is 0 Å². The highest BCUT2D eigenvalue weighted by Gasteiger charge is 2.22. The number of hydrogen-bond acceptors (Lipinski definition) is 7. The van der Waals surface area contributed by atoms with Crippen LogP contribution in [0.2, 0.25) is 0 Å². The second-order valence-electron chi connectivity index (χ2n) is 6.99. The molecule has 0 atom stereocenters. The molecule has 3 aromatic rings. The van der Waals surface area contributed by atoms with E-state index < -0.39 is 0 Å². The number of pyridine rings is 1. The summed E-state index contributed by atoms with van der Waals surface area (Å²) in [6.07, 6.45) is 3.28. The van der Waals surface area contributed by atoms with Crippen molar-refractivity contribution in [3.8, 4) is 0 Å². The van der Waals surface area contributed by atoms with Crippen LogP contribution in [0.4, 0.5) is 28.8 Å². The summed E-state index contributed by atoms with van der Waals surface area (Å²) in [5.41, 5.74) is 10.9. The first-order chi connectivity index (χ1) is 13.6. The van der Waals surface area contributed by atoms with Gasteiger partial charge in [-0.25, -0.2) is 15.0 Å². The Morgan fingerprint density at radius 3 is 2.43 bits per heavy atom. The number of nitrogens with one attached hydrogen (secondary N) is 1. The van der Waals surface area contributed by atoms with Gasteiger partial charge < -0.3 is 20.9 Å². The largest absolute Gasteiger partial charge is 0.393 e. The van der Waals surface area contributed by atoms with Gasteiger partial charge in [-0.2, -0.15) is 0 Å². The Kier molecular flexibility index (Phi) is 4.97. The van der Waals surface area contributed by atoms with E-state index in [1.54, 1.807) is 12.5 Å². The zero-order valence-corrected chi connectivity index (χ0v) is 16.3. The van der Waals surface area contributed by atoms with Gasteiger partial charge in [-0.05, 0) is 43.2 Å². The lowest BCUT2D eigenvalue weighted by Crippen LogP contribution is -2.47. The highest BCUT2D eigenvalue weighted by atomic mass is 15.3. The Labute approximate surface area is 165 Å². The standard InChI is InChI=1S/C21H25N7/c1-15-6-5-7-17(16(15)2)27-10-12-28(13-11-27)21-19(22)20(24-14-25-21)26-18-8-3-4-9-23-18/h3-9,14H,10-13,22H2,1-2H3,(H,23,24,25,26). The van der Waals surface area contributed by atoms with E-state index in [-0.39, 0.29) is 0 Å². The predicted molar refractivity (Wildman–Crippen MR) is 114 cm³/mol. The fraction of sp³-hybridized carbons (Fsp3) is 0.286. The van der Waals surface area contributed by atoms with Crippen molar-refractivity contribution in [3.63, 3.8) is 0 Å². The molecule has 2 aromatic heterocycles. The van der Waals surface area contributed by atoms with Crippen LogP contribution in [0, 0.1) is 13.8 Å². The van der Waals surface area contributed by atoms with Crippen molar-refractivity contribution in [1.29, 1.82) is 0 Å². The Bertz CT molecular complexity index is 950. The zero-order chi connectivity index (χ0) is 19.5. The van der Waals surface area contributed by atoms with Gasteiger partial charge in [-0.1, -0.05) is 18.2 Å². The van der Waals surface area contributed by atoms with Gasteiger partial charge in [0.2, 0.25) is 0 Å². The maximum atomic E-state index is 6.38. The van der Waals surface area contributed by atoms with Gasteiger partial charge in [0, 0.05) is 38.1 Å². The Balaban J connectivity index is 1.49. The summed E-state index contributed by atoms with van der Waals surface area (Å²) in [7, 11) is 0. The van der Waals surface area contributed by atoms with E-state index in [1.165, 1.54) is 16.8 Å². The van der Waals surface area contributed by atoms with Crippen LogP contribution in [-0.4, -0.2) is 41.1 Å². The molecule has 1 saturated heterocycles. The van der Waals surface area contributed by atoms with Crippen molar-refractivity contribution in [2.75, 3.05) is 47.0 Å². The van der Waals surface area contributed by atoms with Crippen LogP contribution in [0.5, 0.6) is 0 Å². The van der Waals surface area contributed by atoms with Gasteiger partial charge >= 0.3 is 0 Å². The first-order valence-electron chi connectivity index (χ1n) is 9.48. The smallest absolute Gasteiger partial charge is 0.160 e. The number of aromatic nitrogens is 3. The highest BCUT2D eigenvalue weighted by Crippen LogP contribution is 2.30. The topological polar surface area (TPSA) is 83.2 Å². The number of aryl methyl sites for hydroxylation is 1. The molecule has 1 aliphatic heterocycles. The lowest BCUT2D eigenvalue weighted by Gasteiger charge is -2.38. The molecule has 144 valence electrons. The van der Waals surface area contributed by atoms with E-state index in [0.29, 0.717) is 17.3 Å². The predicted octanol–water partition coefficient (Wildman–Crippen LogP) is 3.14. The molecule has 1 fully saturated rings. The minimum atomic E-state index is 0.549. The third-order valence-electron chi connectivity index (χ3n) is 5.27. The van der Waals surface area contributed by atoms with Crippen LogP contribution in [0.15, 0.2) is 48.9 Å². The summed E-state index contributed by atoms with van der Waals surface area (Å²) in [5.74, 6) is 2.06. The van der Waals surface area contributed by atoms with E-state index in [4.69, 9.17) is 5.73 Å². The number of nitrogen functional groups attached to an aromatic ring is 1. The zero-order valence-electron chi connectivity index (χ0n) is 16.3.